The van der Waals surface area contributed by atoms with Gasteiger partial charge in [-0.2, -0.15) is 0 Å². The Bertz CT molecular complexity index is 524. The van der Waals surface area contributed by atoms with Gasteiger partial charge in [0.25, 0.3) is 0 Å². The van der Waals surface area contributed by atoms with Gasteiger partial charge in [-0.25, -0.2) is 9.97 Å². The van der Waals surface area contributed by atoms with Crippen molar-refractivity contribution in [2.45, 2.75) is 26.9 Å². The molecule has 0 aliphatic heterocycles. The lowest BCUT2D eigenvalue weighted by Gasteiger charge is -2.18. The van der Waals surface area contributed by atoms with Gasteiger partial charge < -0.3 is 10.1 Å². The molecule has 1 unspecified atom stereocenters. The zero-order chi connectivity index (χ0) is 13.1. The fourth-order valence-electron chi connectivity index (χ4n) is 1.98. The van der Waals surface area contributed by atoms with Crippen LogP contribution < -0.4 is 5.32 Å². The summed E-state index contributed by atoms with van der Waals surface area (Å²) in [7, 11) is 1.71. The normalized spacial score (nSPS) is 13.2. The number of nitrogens with one attached hydrogen (secondary N) is 1. The Balaban J connectivity index is 2.51. The zero-order valence-electron chi connectivity index (χ0n) is 11.2. The summed E-state index contributed by atoms with van der Waals surface area (Å²) < 4.78 is 5.51. The molecule has 4 nitrogen and oxygen atoms in total. The molecule has 2 aromatic heterocycles. The van der Waals surface area contributed by atoms with Gasteiger partial charge in [-0.15, -0.1) is 11.3 Å². The van der Waals surface area contributed by atoms with Crippen LogP contribution in [0.3, 0.4) is 0 Å². The van der Waals surface area contributed by atoms with Gasteiger partial charge in [0.05, 0.1) is 5.39 Å². The first-order valence-corrected chi connectivity index (χ1v) is 7.07. The Hall–Kier alpha value is -1.20. The van der Waals surface area contributed by atoms with Gasteiger partial charge in [0.2, 0.25) is 0 Å². The van der Waals surface area contributed by atoms with E-state index in [-0.39, 0.29) is 6.10 Å². The minimum absolute atomic E-state index is 0.0612. The third-order valence-electron chi connectivity index (χ3n) is 2.80. The smallest absolute Gasteiger partial charge is 0.161 e. The standard InChI is InChI=1S/C13H19N3OS/c1-5-14-11-9-6-7-18-13(9)16-12(15-11)10(17-4)8(2)3/h6-8,10H,5H2,1-4H3,(H,14,15,16). The maximum Gasteiger partial charge on any atom is 0.161 e. The molecule has 0 bridgehead atoms. The lowest BCUT2D eigenvalue weighted by molar-refractivity contribution is 0.0579. The van der Waals surface area contributed by atoms with Crippen LogP contribution in [0.1, 0.15) is 32.7 Å². The van der Waals surface area contributed by atoms with Gasteiger partial charge >= 0.3 is 0 Å². The lowest BCUT2D eigenvalue weighted by atomic mass is 10.1. The van der Waals surface area contributed by atoms with Crippen LogP contribution in [0.15, 0.2) is 11.4 Å². The molecule has 2 rings (SSSR count). The molecule has 98 valence electrons. The summed E-state index contributed by atoms with van der Waals surface area (Å²) in [6.45, 7) is 7.14. The second-order valence-electron chi connectivity index (χ2n) is 4.50. The van der Waals surface area contributed by atoms with E-state index in [1.54, 1.807) is 18.4 Å². The van der Waals surface area contributed by atoms with Crippen LogP contribution >= 0.6 is 11.3 Å². The van der Waals surface area contributed by atoms with Crippen molar-refractivity contribution in [2.24, 2.45) is 5.92 Å². The van der Waals surface area contributed by atoms with E-state index in [1.807, 2.05) is 5.38 Å². The van der Waals surface area contributed by atoms with Crippen molar-refractivity contribution in [1.29, 1.82) is 0 Å². The zero-order valence-corrected chi connectivity index (χ0v) is 12.0. The molecule has 1 atom stereocenters. The Kier molecular flexibility index (Phi) is 4.14. The summed E-state index contributed by atoms with van der Waals surface area (Å²) >= 11 is 1.63. The molecule has 0 saturated heterocycles. The summed E-state index contributed by atoms with van der Waals surface area (Å²) in [4.78, 5) is 10.2. The summed E-state index contributed by atoms with van der Waals surface area (Å²) in [6.07, 6.45) is -0.0612. The van der Waals surface area contributed by atoms with E-state index in [4.69, 9.17) is 4.74 Å². The maximum atomic E-state index is 5.51. The topological polar surface area (TPSA) is 47.0 Å². The first-order valence-electron chi connectivity index (χ1n) is 6.19. The van der Waals surface area contributed by atoms with Gasteiger partial charge in [0, 0.05) is 13.7 Å². The fraction of sp³-hybridized carbons (Fsp3) is 0.538. The summed E-state index contributed by atoms with van der Waals surface area (Å²) in [6, 6.07) is 2.05. The molecule has 0 fully saturated rings. The van der Waals surface area contributed by atoms with Crippen LogP contribution in [-0.2, 0) is 4.74 Å². The quantitative estimate of drug-likeness (QED) is 0.899. The Labute approximate surface area is 111 Å². The number of hydrogen-bond acceptors (Lipinski definition) is 5. The van der Waals surface area contributed by atoms with Crippen molar-refractivity contribution in [3.63, 3.8) is 0 Å². The van der Waals surface area contributed by atoms with Gasteiger partial charge in [0.1, 0.15) is 16.8 Å². The van der Waals surface area contributed by atoms with Crippen molar-refractivity contribution in [2.75, 3.05) is 19.0 Å². The molecule has 0 aliphatic rings. The molecule has 0 aliphatic carbocycles. The van der Waals surface area contributed by atoms with Crippen molar-refractivity contribution in [1.82, 2.24) is 9.97 Å². The molecular weight excluding hydrogens is 246 g/mol. The number of methoxy groups -OCH3 is 1. The monoisotopic (exact) mass is 265 g/mol. The Morgan fingerprint density at radius 2 is 2.17 bits per heavy atom. The van der Waals surface area contributed by atoms with E-state index < -0.39 is 0 Å². The average Bonchev–Trinajstić information content (AvgIpc) is 2.78. The minimum atomic E-state index is -0.0612. The van der Waals surface area contributed by atoms with Crippen molar-refractivity contribution in [3.8, 4) is 0 Å². The maximum absolute atomic E-state index is 5.51. The molecule has 18 heavy (non-hydrogen) atoms. The van der Waals surface area contributed by atoms with E-state index in [0.29, 0.717) is 5.92 Å². The largest absolute Gasteiger partial charge is 0.373 e. The fourth-order valence-corrected chi connectivity index (χ4v) is 2.75. The summed E-state index contributed by atoms with van der Waals surface area (Å²) in [5.41, 5.74) is 0. The van der Waals surface area contributed by atoms with Crippen LogP contribution in [-0.4, -0.2) is 23.6 Å². The van der Waals surface area contributed by atoms with E-state index >= 15 is 0 Å². The second kappa shape index (κ2) is 5.63. The highest BCUT2D eigenvalue weighted by atomic mass is 32.1. The van der Waals surface area contributed by atoms with Gasteiger partial charge in [-0.3, -0.25) is 0 Å². The van der Waals surface area contributed by atoms with Crippen LogP contribution in [0.25, 0.3) is 10.2 Å². The Morgan fingerprint density at radius 3 is 2.78 bits per heavy atom. The molecule has 0 spiro atoms. The van der Waals surface area contributed by atoms with Crippen molar-refractivity contribution >= 4 is 27.4 Å². The number of anilines is 1. The van der Waals surface area contributed by atoms with Gasteiger partial charge in [-0.1, -0.05) is 13.8 Å². The van der Waals surface area contributed by atoms with Crippen LogP contribution in [0.2, 0.25) is 0 Å². The molecule has 0 saturated carbocycles. The Morgan fingerprint density at radius 1 is 1.39 bits per heavy atom. The van der Waals surface area contributed by atoms with E-state index in [1.165, 1.54) is 0 Å². The van der Waals surface area contributed by atoms with Crippen LogP contribution in [0, 0.1) is 5.92 Å². The third kappa shape index (κ3) is 2.47. The van der Waals surface area contributed by atoms with Crippen LogP contribution in [0.4, 0.5) is 5.82 Å². The number of nitrogens with zero attached hydrogens (tertiary/aromatic N) is 2. The van der Waals surface area contributed by atoms with E-state index in [9.17, 15) is 0 Å². The average molecular weight is 265 g/mol. The third-order valence-corrected chi connectivity index (χ3v) is 3.61. The van der Waals surface area contributed by atoms with Crippen LogP contribution in [0.5, 0.6) is 0 Å². The second-order valence-corrected chi connectivity index (χ2v) is 5.40. The number of ether oxygens (including phenoxy) is 1. The number of hydrogen-bond donors (Lipinski definition) is 1. The van der Waals surface area contributed by atoms with E-state index in [0.717, 1.165) is 28.4 Å². The number of fused-ring (bicyclic) bond motifs is 1. The highest BCUT2D eigenvalue weighted by molar-refractivity contribution is 7.16. The minimum Gasteiger partial charge on any atom is -0.373 e. The lowest BCUT2D eigenvalue weighted by Crippen LogP contribution is -2.14. The first kappa shape index (κ1) is 13.2. The first-order chi connectivity index (χ1) is 8.67. The molecule has 2 heterocycles. The van der Waals surface area contributed by atoms with Crippen molar-refractivity contribution < 1.29 is 4.74 Å². The predicted molar refractivity (Wildman–Crippen MR) is 76.2 cm³/mol. The summed E-state index contributed by atoms with van der Waals surface area (Å²) in [5, 5.41) is 6.42. The molecule has 1 N–H and O–H groups in total. The molecule has 0 aromatic carbocycles. The molecule has 0 amide bonds. The summed E-state index contributed by atoms with van der Waals surface area (Å²) in [5.74, 6) is 2.02. The predicted octanol–water partition coefficient (Wildman–Crippen LogP) is 3.47. The highest BCUT2D eigenvalue weighted by Gasteiger charge is 2.20. The van der Waals surface area contributed by atoms with Gasteiger partial charge in [-0.05, 0) is 24.3 Å². The number of aromatic nitrogens is 2. The molecule has 2 aromatic rings. The van der Waals surface area contributed by atoms with E-state index in [2.05, 4.69) is 42.1 Å². The van der Waals surface area contributed by atoms with Crippen molar-refractivity contribution in [3.05, 3.63) is 17.3 Å². The molecular formula is C13H19N3OS. The SMILES string of the molecule is CCNc1nc(C(OC)C(C)C)nc2sccc12. The molecule has 0 radical (unpaired) electrons. The highest BCUT2D eigenvalue weighted by Crippen LogP contribution is 2.29. The molecule has 5 heteroatoms. The number of thiophene rings is 1. The number of rotatable bonds is 5. The van der Waals surface area contributed by atoms with Gasteiger partial charge in [0.15, 0.2) is 5.82 Å².